The minimum atomic E-state index is -1.38. The maximum atomic E-state index is 12.3. The van der Waals surface area contributed by atoms with Crippen LogP contribution in [-0.2, 0) is 9.53 Å². The molecule has 6 atom stereocenters. The predicted molar refractivity (Wildman–Crippen MR) is 118 cm³/mol. The highest BCUT2D eigenvalue weighted by Crippen LogP contribution is 2.66. The van der Waals surface area contributed by atoms with Gasteiger partial charge < -0.3 is 20.1 Å². The Bertz CT molecular complexity index is 1000. The first kappa shape index (κ1) is 23.7. The van der Waals surface area contributed by atoms with Gasteiger partial charge in [-0.15, -0.1) is 0 Å². The second-order valence-corrected chi connectivity index (χ2v) is 11.3. The molecule has 180 valence electrons. The Morgan fingerprint density at radius 3 is 2.27 bits per heavy atom. The maximum Gasteiger partial charge on any atom is 0.354 e. The van der Waals surface area contributed by atoms with Gasteiger partial charge in [0.2, 0.25) is 0 Å². The Hall–Kier alpha value is -2.48. The summed E-state index contributed by atoms with van der Waals surface area (Å²) in [7, 11) is 0. The van der Waals surface area contributed by atoms with Crippen molar-refractivity contribution < 1.29 is 34.4 Å². The number of carboxylic acids is 3. The van der Waals surface area contributed by atoms with Gasteiger partial charge in [-0.3, -0.25) is 0 Å². The van der Waals surface area contributed by atoms with Gasteiger partial charge in [0.05, 0.1) is 5.60 Å². The van der Waals surface area contributed by atoms with E-state index in [1.165, 1.54) is 12.1 Å². The lowest BCUT2D eigenvalue weighted by molar-refractivity contribution is -0.244. The average Bonchev–Trinajstić information content (AvgIpc) is 2.71. The molecule has 1 aliphatic heterocycles. The minimum absolute atomic E-state index is 0.0460. The first-order valence-corrected chi connectivity index (χ1v) is 11.7. The van der Waals surface area contributed by atoms with Crippen LogP contribution >= 0.6 is 0 Å². The van der Waals surface area contributed by atoms with Crippen LogP contribution < -0.4 is 0 Å². The van der Waals surface area contributed by atoms with Crippen LogP contribution in [0.4, 0.5) is 0 Å². The number of carboxylic acid groups (broad SMARTS) is 3. The molecule has 3 N–H and O–H groups in total. The van der Waals surface area contributed by atoms with Crippen molar-refractivity contribution in [1.29, 1.82) is 0 Å². The van der Waals surface area contributed by atoms with Crippen LogP contribution in [0.1, 0.15) is 98.7 Å². The van der Waals surface area contributed by atoms with Gasteiger partial charge in [0.25, 0.3) is 0 Å². The van der Waals surface area contributed by atoms with E-state index < -0.39 is 41.2 Å². The van der Waals surface area contributed by atoms with Crippen LogP contribution in [-0.4, -0.2) is 49.9 Å². The Kier molecular flexibility index (Phi) is 5.59. The topological polar surface area (TPSA) is 134 Å². The lowest BCUT2D eigenvalue weighted by Crippen LogP contribution is -2.63. The quantitative estimate of drug-likeness (QED) is 0.602. The molecule has 1 saturated heterocycles. The summed E-state index contributed by atoms with van der Waals surface area (Å²) in [6.07, 6.45) is 4.25. The fraction of sp³-hybridized carbons (Fsp3) is 0.680. The van der Waals surface area contributed by atoms with E-state index in [4.69, 9.17) is 4.74 Å². The number of hydrogen-bond donors (Lipinski definition) is 3. The zero-order valence-electron chi connectivity index (χ0n) is 19.6. The van der Waals surface area contributed by atoms with Gasteiger partial charge in [-0.25, -0.2) is 19.4 Å². The second kappa shape index (κ2) is 7.79. The fourth-order valence-electron chi connectivity index (χ4n) is 7.59. The van der Waals surface area contributed by atoms with Crippen molar-refractivity contribution in [3.8, 4) is 0 Å². The molecule has 1 aromatic rings. The van der Waals surface area contributed by atoms with Gasteiger partial charge in [-0.1, -0.05) is 33.3 Å². The number of nitrogens with zero attached hydrogens (tertiary/aromatic N) is 1. The summed E-state index contributed by atoms with van der Waals surface area (Å²) in [6, 6.07) is 2.64. The van der Waals surface area contributed by atoms with E-state index in [9.17, 15) is 29.7 Å². The standard InChI is InChI=1S/C25H33NO7/c1-23(2)9-5-10-24(3)16(23)8-11-25(4)17(24)12-14(19(33-25)22(31)32)13-6-7-15(20(27)28)26-18(13)21(29)30/h6-7,14,16-17,19H,5,8-12H2,1-4H3,(H,27,28)(H,29,30)(H,31,32)/t14?,16-,17+,19?,24-,25+/m0/s1. The molecule has 0 amide bonds. The van der Waals surface area contributed by atoms with Crippen molar-refractivity contribution >= 4 is 17.9 Å². The van der Waals surface area contributed by atoms with E-state index in [-0.39, 0.29) is 28.0 Å². The molecule has 2 saturated carbocycles. The number of fused-ring (bicyclic) bond motifs is 3. The molecule has 0 radical (unpaired) electrons. The van der Waals surface area contributed by atoms with E-state index in [2.05, 4.69) is 25.8 Å². The van der Waals surface area contributed by atoms with Gasteiger partial charge in [0.1, 0.15) is 5.69 Å². The molecule has 2 unspecified atom stereocenters. The van der Waals surface area contributed by atoms with Gasteiger partial charge in [0.15, 0.2) is 11.8 Å². The predicted octanol–water partition coefficient (Wildman–Crippen LogP) is 4.44. The summed E-state index contributed by atoms with van der Waals surface area (Å²) >= 11 is 0. The summed E-state index contributed by atoms with van der Waals surface area (Å²) in [5.41, 5.74) is -1.08. The van der Waals surface area contributed by atoms with Crippen LogP contribution in [0.2, 0.25) is 0 Å². The number of pyridine rings is 1. The number of carbonyl (C=O) groups is 3. The Morgan fingerprint density at radius 1 is 0.970 bits per heavy atom. The van der Waals surface area contributed by atoms with E-state index in [0.29, 0.717) is 12.3 Å². The lowest BCUT2D eigenvalue weighted by Gasteiger charge is -2.64. The van der Waals surface area contributed by atoms with Crippen LogP contribution in [0, 0.1) is 22.7 Å². The van der Waals surface area contributed by atoms with E-state index in [1.54, 1.807) is 0 Å². The molecule has 1 aromatic heterocycles. The van der Waals surface area contributed by atoms with Gasteiger partial charge >= 0.3 is 17.9 Å². The lowest BCUT2D eigenvalue weighted by atomic mass is 9.44. The second-order valence-electron chi connectivity index (χ2n) is 11.3. The third-order valence-electron chi connectivity index (χ3n) is 8.98. The Labute approximate surface area is 193 Å². The largest absolute Gasteiger partial charge is 0.479 e. The Morgan fingerprint density at radius 2 is 1.67 bits per heavy atom. The molecule has 8 nitrogen and oxygen atoms in total. The van der Waals surface area contributed by atoms with Crippen molar-refractivity contribution in [2.24, 2.45) is 22.7 Å². The fourth-order valence-corrected chi connectivity index (χ4v) is 7.59. The van der Waals surface area contributed by atoms with Crippen molar-refractivity contribution in [3.05, 3.63) is 29.1 Å². The number of aromatic carboxylic acids is 2. The van der Waals surface area contributed by atoms with E-state index in [1.807, 2.05) is 6.92 Å². The summed E-state index contributed by atoms with van der Waals surface area (Å²) in [5, 5.41) is 29.1. The molecule has 3 fully saturated rings. The monoisotopic (exact) mass is 459 g/mol. The van der Waals surface area contributed by atoms with Crippen LogP contribution in [0.15, 0.2) is 12.1 Å². The molecular formula is C25H33NO7. The Balaban J connectivity index is 1.81. The zero-order valence-corrected chi connectivity index (χ0v) is 19.6. The molecule has 2 aliphatic carbocycles. The van der Waals surface area contributed by atoms with Crippen molar-refractivity contribution in [2.75, 3.05) is 0 Å². The minimum Gasteiger partial charge on any atom is -0.479 e. The first-order chi connectivity index (χ1) is 15.3. The third kappa shape index (κ3) is 3.72. The van der Waals surface area contributed by atoms with Gasteiger partial charge in [-0.05, 0) is 73.3 Å². The van der Waals surface area contributed by atoms with E-state index >= 15 is 0 Å². The highest BCUT2D eigenvalue weighted by Gasteiger charge is 2.62. The first-order valence-electron chi connectivity index (χ1n) is 11.7. The van der Waals surface area contributed by atoms with Crippen LogP contribution in [0.5, 0.6) is 0 Å². The molecule has 8 heteroatoms. The molecule has 0 aromatic carbocycles. The number of aromatic nitrogens is 1. The van der Waals surface area contributed by atoms with E-state index in [0.717, 1.165) is 32.1 Å². The highest BCUT2D eigenvalue weighted by atomic mass is 16.5. The molecule has 0 bridgehead atoms. The molecule has 3 aliphatic rings. The van der Waals surface area contributed by atoms with Crippen molar-refractivity contribution in [3.63, 3.8) is 0 Å². The molecule has 4 rings (SSSR count). The normalized spacial score (nSPS) is 37.5. The summed E-state index contributed by atoms with van der Waals surface area (Å²) in [5.74, 6) is -4.08. The molecule has 33 heavy (non-hydrogen) atoms. The number of ether oxygens (including phenoxy) is 1. The van der Waals surface area contributed by atoms with Gasteiger partial charge in [0, 0.05) is 5.92 Å². The summed E-state index contributed by atoms with van der Waals surface area (Å²) in [4.78, 5) is 39.5. The summed E-state index contributed by atoms with van der Waals surface area (Å²) < 4.78 is 6.36. The average molecular weight is 460 g/mol. The molecule has 2 heterocycles. The molecule has 0 spiro atoms. The smallest absolute Gasteiger partial charge is 0.354 e. The highest BCUT2D eigenvalue weighted by molar-refractivity contribution is 5.91. The van der Waals surface area contributed by atoms with Gasteiger partial charge in [-0.2, -0.15) is 0 Å². The van der Waals surface area contributed by atoms with Crippen LogP contribution in [0.25, 0.3) is 0 Å². The molecular weight excluding hydrogens is 426 g/mol. The number of hydrogen-bond acceptors (Lipinski definition) is 5. The SMILES string of the molecule is CC1(C)CCC[C@]2(C)[C@H]3CC(c4ccc(C(=O)O)nc4C(=O)O)C(C(=O)O)O[C@]3(C)CC[C@@H]12. The van der Waals surface area contributed by atoms with Crippen LogP contribution in [0.3, 0.4) is 0 Å². The zero-order chi connectivity index (χ0) is 24.3. The van der Waals surface area contributed by atoms with Crippen molar-refractivity contribution in [2.45, 2.75) is 83.8 Å². The summed E-state index contributed by atoms with van der Waals surface area (Å²) in [6.45, 7) is 8.94. The number of aliphatic carboxylic acids is 1. The third-order valence-corrected chi connectivity index (χ3v) is 8.98. The maximum absolute atomic E-state index is 12.3. The number of rotatable bonds is 4. The van der Waals surface area contributed by atoms with Crippen molar-refractivity contribution in [1.82, 2.24) is 4.98 Å².